The van der Waals surface area contributed by atoms with Gasteiger partial charge in [0.25, 0.3) is 5.91 Å². The Balaban J connectivity index is 2.56. The van der Waals surface area contributed by atoms with Crippen molar-refractivity contribution in [2.75, 3.05) is 26.0 Å². The third kappa shape index (κ3) is 3.63. The van der Waals surface area contributed by atoms with Crippen LogP contribution in [0, 0.1) is 0 Å². The summed E-state index contributed by atoms with van der Waals surface area (Å²) in [5, 5.41) is 9.18. The number of anilines is 1. The molecular weight excluding hydrogens is 232 g/mol. The van der Waals surface area contributed by atoms with E-state index >= 15 is 0 Å². The third-order valence-electron chi connectivity index (χ3n) is 2.89. The topological polar surface area (TPSA) is 75.8 Å². The second-order valence-electron chi connectivity index (χ2n) is 4.78. The fraction of sp³-hybridized carbons (Fsp3) is 0.462. The first-order valence-corrected chi connectivity index (χ1v) is 5.72. The number of nitrogen functional groups attached to an aromatic ring is 1. The number of aliphatic hydroxyl groups is 1. The number of hydrogen-bond donors (Lipinski definition) is 2. The van der Waals surface area contributed by atoms with E-state index in [1.165, 1.54) is 4.90 Å². The summed E-state index contributed by atoms with van der Waals surface area (Å²) in [4.78, 5) is 13.3. The number of aliphatic hydroxyl groups excluding tert-OH is 1. The van der Waals surface area contributed by atoms with E-state index in [1.807, 2.05) is 0 Å². The third-order valence-corrected chi connectivity index (χ3v) is 2.89. The maximum Gasteiger partial charge on any atom is 0.260 e. The van der Waals surface area contributed by atoms with Crippen LogP contribution in [0.3, 0.4) is 0 Å². The van der Waals surface area contributed by atoms with Gasteiger partial charge in [0.15, 0.2) is 6.61 Å². The van der Waals surface area contributed by atoms with Crippen LogP contribution in [0.15, 0.2) is 24.3 Å². The van der Waals surface area contributed by atoms with Crippen LogP contribution in [0.5, 0.6) is 5.75 Å². The smallest absolute Gasteiger partial charge is 0.260 e. The molecule has 3 N–H and O–H groups in total. The average Bonchev–Trinajstić information content (AvgIpc) is 2.35. The number of benzene rings is 1. The molecule has 5 nitrogen and oxygen atoms in total. The van der Waals surface area contributed by atoms with E-state index < -0.39 is 5.54 Å². The molecule has 0 spiro atoms. The molecule has 0 fully saturated rings. The maximum atomic E-state index is 11.9. The number of amides is 1. The predicted octanol–water partition coefficient (Wildman–Crippen LogP) is 0.877. The minimum Gasteiger partial charge on any atom is -0.484 e. The van der Waals surface area contributed by atoms with Crippen molar-refractivity contribution in [3.8, 4) is 5.75 Å². The van der Waals surface area contributed by atoms with Gasteiger partial charge in [-0.2, -0.15) is 0 Å². The summed E-state index contributed by atoms with van der Waals surface area (Å²) in [7, 11) is 1.64. The van der Waals surface area contributed by atoms with Crippen LogP contribution in [-0.2, 0) is 4.79 Å². The van der Waals surface area contributed by atoms with Gasteiger partial charge in [-0.3, -0.25) is 4.79 Å². The summed E-state index contributed by atoms with van der Waals surface area (Å²) in [5.74, 6) is 0.357. The van der Waals surface area contributed by atoms with Crippen molar-refractivity contribution in [1.82, 2.24) is 4.90 Å². The second kappa shape index (κ2) is 5.73. The first-order chi connectivity index (χ1) is 8.36. The number of nitrogens with two attached hydrogens (primary N) is 1. The molecule has 0 aliphatic carbocycles. The van der Waals surface area contributed by atoms with Crippen LogP contribution in [0.2, 0.25) is 0 Å². The number of rotatable bonds is 5. The van der Waals surface area contributed by atoms with Gasteiger partial charge in [0.1, 0.15) is 5.75 Å². The Morgan fingerprint density at radius 3 is 2.72 bits per heavy atom. The standard InChI is InChI=1S/C13H20N2O3/c1-13(2,9-16)15(3)12(17)8-18-11-6-4-5-10(14)7-11/h4-7,16H,8-9,14H2,1-3H3. The molecular formula is C13H20N2O3. The molecule has 18 heavy (non-hydrogen) atoms. The lowest BCUT2D eigenvalue weighted by Gasteiger charge is -2.33. The van der Waals surface area contributed by atoms with Gasteiger partial charge in [0.2, 0.25) is 0 Å². The van der Waals surface area contributed by atoms with E-state index in [9.17, 15) is 9.90 Å². The Morgan fingerprint density at radius 2 is 2.17 bits per heavy atom. The molecule has 0 unspecified atom stereocenters. The van der Waals surface area contributed by atoms with Crippen LogP contribution < -0.4 is 10.5 Å². The highest BCUT2D eigenvalue weighted by Gasteiger charge is 2.26. The summed E-state index contributed by atoms with van der Waals surface area (Å²) < 4.78 is 5.36. The van der Waals surface area contributed by atoms with Crippen LogP contribution >= 0.6 is 0 Å². The van der Waals surface area contributed by atoms with E-state index in [0.29, 0.717) is 11.4 Å². The highest BCUT2D eigenvalue weighted by atomic mass is 16.5. The Morgan fingerprint density at radius 1 is 1.50 bits per heavy atom. The van der Waals surface area contributed by atoms with Crippen molar-refractivity contribution in [3.63, 3.8) is 0 Å². The number of nitrogens with zero attached hydrogens (tertiary/aromatic N) is 1. The number of ether oxygens (including phenoxy) is 1. The highest BCUT2D eigenvalue weighted by molar-refractivity contribution is 5.78. The number of carbonyl (C=O) groups is 1. The first kappa shape index (κ1) is 14.3. The number of hydrogen-bond acceptors (Lipinski definition) is 4. The van der Waals surface area contributed by atoms with Gasteiger partial charge in [-0.25, -0.2) is 0 Å². The summed E-state index contributed by atoms with van der Waals surface area (Å²) in [6.45, 7) is 3.38. The lowest BCUT2D eigenvalue weighted by molar-refractivity contribution is -0.138. The fourth-order valence-electron chi connectivity index (χ4n) is 1.29. The van der Waals surface area contributed by atoms with Crippen molar-refractivity contribution in [2.24, 2.45) is 0 Å². The molecule has 1 aromatic carbocycles. The summed E-state index contributed by atoms with van der Waals surface area (Å²) in [6, 6.07) is 6.90. The normalized spacial score (nSPS) is 11.1. The zero-order chi connectivity index (χ0) is 13.8. The van der Waals surface area contributed by atoms with Crippen molar-refractivity contribution in [1.29, 1.82) is 0 Å². The van der Waals surface area contributed by atoms with Crippen LogP contribution in [0.4, 0.5) is 5.69 Å². The largest absolute Gasteiger partial charge is 0.484 e. The van der Waals surface area contributed by atoms with Gasteiger partial charge in [0, 0.05) is 18.8 Å². The van der Waals surface area contributed by atoms with Crippen LogP contribution in [0.1, 0.15) is 13.8 Å². The zero-order valence-electron chi connectivity index (χ0n) is 11.0. The Bertz CT molecular complexity index is 418. The molecule has 0 radical (unpaired) electrons. The molecule has 0 aliphatic rings. The summed E-state index contributed by atoms with van der Waals surface area (Å²) in [5.41, 5.74) is 5.59. The van der Waals surface area contributed by atoms with Crippen molar-refractivity contribution in [3.05, 3.63) is 24.3 Å². The summed E-state index contributed by atoms with van der Waals surface area (Å²) in [6.07, 6.45) is 0. The molecule has 0 atom stereocenters. The molecule has 0 saturated carbocycles. The van der Waals surface area contributed by atoms with Crippen molar-refractivity contribution >= 4 is 11.6 Å². The molecule has 0 saturated heterocycles. The Labute approximate surface area is 107 Å². The molecule has 1 amide bonds. The molecule has 1 rings (SSSR count). The quantitative estimate of drug-likeness (QED) is 0.763. The molecule has 1 aromatic rings. The minimum atomic E-state index is -0.601. The van der Waals surface area contributed by atoms with Gasteiger partial charge < -0.3 is 20.5 Å². The molecule has 0 heterocycles. The first-order valence-electron chi connectivity index (χ1n) is 5.72. The predicted molar refractivity (Wildman–Crippen MR) is 70.3 cm³/mol. The maximum absolute atomic E-state index is 11.9. The molecule has 0 aliphatic heterocycles. The number of likely N-dealkylation sites (N-methyl/N-ethyl adjacent to an activating group) is 1. The lowest BCUT2D eigenvalue weighted by atomic mass is 10.1. The van der Waals surface area contributed by atoms with E-state index in [0.717, 1.165) is 0 Å². The van der Waals surface area contributed by atoms with Crippen molar-refractivity contribution < 1.29 is 14.6 Å². The van der Waals surface area contributed by atoms with Gasteiger partial charge in [-0.15, -0.1) is 0 Å². The van der Waals surface area contributed by atoms with Gasteiger partial charge in [-0.05, 0) is 26.0 Å². The Hall–Kier alpha value is -1.75. The van der Waals surface area contributed by atoms with Gasteiger partial charge >= 0.3 is 0 Å². The summed E-state index contributed by atoms with van der Waals surface area (Å²) >= 11 is 0. The molecule has 5 heteroatoms. The SMILES string of the molecule is CN(C(=O)COc1cccc(N)c1)C(C)(C)CO. The molecule has 0 bridgehead atoms. The van der Waals surface area contributed by atoms with Crippen molar-refractivity contribution in [2.45, 2.75) is 19.4 Å². The highest BCUT2D eigenvalue weighted by Crippen LogP contribution is 2.15. The fourth-order valence-corrected chi connectivity index (χ4v) is 1.29. The monoisotopic (exact) mass is 252 g/mol. The molecule has 100 valence electrons. The van der Waals surface area contributed by atoms with Gasteiger partial charge in [-0.1, -0.05) is 6.07 Å². The van der Waals surface area contributed by atoms with E-state index in [2.05, 4.69) is 0 Å². The van der Waals surface area contributed by atoms with E-state index in [1.54, 1.807) is 45.2 Å². The number of carbonyl (C=O) groups excluding carboxylic acids is 1. The molecule has 0 aromatic heterocycles. The van der Waals surface area contributed by atoms with Crippen LogP contribution in [-0.4, -0.2) is 41.7 Å². The lowest BCUT2D eigenvalue weighted by Crippen LogP contribution is -2.49. The minimum absolute atomic E-state index is 0.0800. The van der Waals surface area contributed by atoms with Gasteiger partial charge in [0.05, 0.1) is 12.1 Å². The Kier molecular flexibility index (Phi) is 4.55. The second-order valence-corrected chi connectivity index (χ2v) is 4.78. The zero-order valence-corrected chi connectivity index (χ0v) is 11.0. The van der Waals surface area contributed by atoms with E-state index in [4.69, 9.17) is 10.5 Å². The average molecular weight is 252 g/mol. The van der Waals surface area contributed by atoms with Crippen LogP contribution in [0.25, 0.3) is 0 Å². The van der Waals surface area contributed by atoms with E-state index in [-0.39, 0.29) is 19.1 Å².